The molecule has 0 amide bonds. The van der Waals surface area contributed by atoms with Gasteiger partial charge in [-0.1, -0.05) is 12.1 Å². The van der Waals surface area contributed by atoms with Crippen molar-refractivity contribution in [1.29, 1.82) is 0 Å². The van der Waals surface area contributed by atoms with E-state index in [4.69, 9.17) is 9.47 Å². The minimum atomic E-state index is -0.0688. The van der Waals surface area contributed by atoms with E-state index in [1.165, 1.54) is 0 Å². The van der Waals surface area contributed by atoms with Gasteiger partial charge in [0.1, 0.15) is 6.61 Å². The summed E-state index contributed by atoms with van der Waals surface area (Å²) in [5.41, 5.74) is 0.727. The fourth-order valence-corrected chi connectivity index (χ4v) is 2.95. The van der Waals surface area contributed by atoms with Gasteiger partial charge in [0.2, 0.25) is 0 Å². The molecular formula is C13H13BrO3S. The summed E-state index contributed by atoms with van der Waals surface area (Å²) in [5.74, 6) is 1.24. The Hall–Kier alpha value is -1.04. The molecule has 5 heteroatoms. The molecule has 18 heavy (non-hydrogen) atoms. The Balaban J connectivity index is 2.17. The molecule has 96 valence electrons. The summed E-state index contributed by atoms with van der Waals surface area (Å²) in [6.45, 7) is 0.393. The Morgan fingerprint density at radius 3 is 2.83 bits per heavy atom. The van der Waals surface area contributed by atoms with Crippen LogP contribution in [-0.2, 0) is 13.2 Å². The van der Waals surface area contributed by atoms with Gasteiger partial charge in [0.15, 0.2) is 11.5 Å². The zero-order valence-corrected chi connectivity index (χ0v) is 12.3. The maximum Gasteiger partial charge on any atom is 0.167 e. The number of thiophene rings is 1. The van der Waals surface area contributed by atoms with Gasteiger partial charge in [-0.3, -0.25) is 0 Å². The smallest absolute Gasteiger partial charge is 0.167 e. The number of halogens is 1. The van der Waals surface area contributed by atoms with E-state index in [2.05, 4.69) is 15.9 Å². The number of hydrogen-bond donors (Lipinski definition) is 1. The normalized spacial score (nSPS) is 10.4. The fraction of sp³-hybridized carbons (Fsp3) is 0.231. The number of benzene rings is 1. The monoisotopic (exact) mass is 328 g/mol. The van der Waals surface area contributed by atoms with Crippen LogP contribution in [0, 0.1) is 0 Å². The summed E-state index contributed by atoms with van der Waals surface area (Å²) in [6.07, 6.45) is 0. The van der Waals surface area contributed by atoms with Crippen LogP contribution in [0.15, 0.2) is 34.1 Å². The summed E-state index contributed by atoms with van der Waals surface area (Å²) < 4.78 is 12.0. The summed E-state index contributed by atoms with van der Waals surface area (Å²) in [6, 6.07) is 7.48. The van der Waals surface area contributed by atoms with E-state index in [-0.39, 0.29) is 6.61 Å². The largest absolute Gasteiger partial charge is 0.493 e. The van der Waals surface area contributed by atoms with Crippen LogP contribution in [0.3, 0.4) is 0 Å². The van der Waals surface area contributed by atoms with E-state index in [9.17, 15) is 5.11 Å². The molecule has 0 atom stereocenters. The first-order valence-electron chi connectivity index (χ1n) is 5.37. The molecule has 1 N–H and O–H groups in total. The average molecular weight is 329 g/mol. The van der Waals surface area contributed by atoms with Crippen molar-refractivity contribution in [3.63, 3.8) is 0 Å². The first-order valence-corrected chi connectivity index (χ1v) is 7.04. The molecule has 0 radical (unpaired) electrons. The van der Waals surface area contributed by atoms with E-state index in [1.54, 1.807) is 18.4 Å². The highest BCUT2D eigenvalue weighted by molar-refractivity contribution is 9.10. The second-order valence-corrected chi connectivity index (χ2v) is 5.54. The Morgan fingerprint density at radius 2 is 2.22 bits per heavy atom. The Labute approximate surface area is 118 Å². The van der Waals surface area contributed by atoms with Crippen molar-refractivity contribution in [2.75, 3.05) is 7.11 Å². The predicted molar refractivity (Wildman–Crippen MR) is 75.3 cm³/mol. The summed E-state index contributed by atoms with van der Waals surface area (Å²) in [5, 5.41) is 11.3. The summed E-state index contributed by atoms with van der Waals surface area (Å²) in [7, 11) is 1.59. The molecule has 0 saturated carbocycles. The van der Waals surface area contributed by atoms with Crippen LogP contribution in [0.25, 0.3) is 0 Å². The van der Waals surface area contributed by atoms with Gasteiger partial charge in [0.05, 0.1) is 13.7 Å². The number of para-hydroxylation sites is 1. The zero-order chi connectivity index (χ0) is 13.0. The van der Waals surface area contributed by atoms with Crippen molar-refractivity contribution < 1.29 is 14.6 Å². The van der Waals surface area contributed by atoms with Gasteiger partial charge in [-0.05, 0) is 28.1 Å². The van der Waals surface area contributed by atoms with Crippen molar-refractivity contribution >= 4 is 27.3 Å². The second kappa shape index (κ2) is 6.22. The van der Waals surface area contributed by atoms with E-state index >= 15 is 0 Å². The third-order valence-corrected chi connectivity index (χ3v) is 4.10. The molecule has 1 heterocycles. The van der Waals surface area contributed by atoms with E-state index in [1.807, 2.05) is 29.6 Å². The Kier molecular flexibility index (Phi) is 4.63. The molecule has 0 aliphatic rings. The number of aliphatic hydroxyl groups is 1. The molecule has 1 aromatic carbocycles. The van der Waals surface area contributed by atoms with Crippen LogP contribution >= 0.6 is 27.3 Å². The predicted octanol–water partition coefficient (Wildman–Crippen LogP) is 3.59. The molecule has 3 nitrogen and oxygen atoms in total. The van der Waals surface area contributed by atoms with Gasteiger partial charge in [-0.15, -0.1) is 11.3 Å². The van der Waals surface area contributed by atoms with Crippen LogP contribution in [0.5, 0.6) is 11.5 Å². The van der Waals surface area contributed by atoms with Crippen LogP contribution < -0.4 is 9.47 Å². The average Bonchev–Trinajstić information content (AvgIpc) is 2.81. The van der Waals surface area contributed by atoms with Crippen molar-refractivity contribution in [3.05, 3.63) is 44.6 Å². The van der Waals surface area contributed by atoms with Crippen molar-refractivity contribution in [2.45, 2.75) is 13.2 Å². The quantitative estimate of drug-likeness (QED) is 0.911. The summed E-state index contributed by atoms with van der Waals surface area (Å²) in [4.78, 5) is 1.11. The zero-order valence-electron chi connectivity index (χ0n) is 9.85. The molecule has 0 aliphatic carbocycles. The Morgan fingerprint density at radius 1 is 1.39 bits per heavy atom. The lowest BCUT2D eigenvalue weighted by Gasteiger charge is -2.13. The lowest BCUT2D eigenvalue weighted by atomic mass is 10.2. The molecule has 0 unspecified atom stereocenters. The Bertz CT molecular complexity index is 502. The topological polar surface area (TPSA) is 38.7 Å². The van der Waals surface area contributed by atoms with Crippen molar-refractivity contribution in [3.8, 4) is 11.5 Å². The molecule has 1 aromatic heterocycles. The van der Waals surface area contributed by atoms with Crippen molar-refractivity contribution in [1.82, 2.24) is 0 Å². The molecule has 0 fully saturated rings. The first kappa shape index (κ1) is 13.4. The highest BCUT2D eigenvalue weighted by Crippen LogP contribution is 2.32. The maximum absolute atomic E-state index is 9.30. The standard InChI is InChI=1S/C13H13BrO3S/c1-16-12-4-2-3-9(6-15)13(12)17-7-11-5-10(14)8-18-11/h2-5,8,15H,6-7H2,1H3. The third-order valence-electron chi connectivity index (χ3n) is 2.43. The van der Waals surface area contributed by atoms with Gasteiger partial charge in [-0.2, -0.15) is 0 Å². The summed E-state index contributed by atoms with van der Waals surface area (Å²) >= 11 is 5.03. The fourth-order valence-electron chi connectivity index (χ4n) is 1.58. The van der Waals surface area contributed by atoms with Gasteiger partial charge in [0.25, 0.3) is 0 Å². The molecule has 2 rings (SSSR count). The molecule has 0 aliphatic heterocycles. The molecule has 0 spiro atoms. The maximum atomic E-state index is 9.30. The van der Waals surface area contributed by atoms with Gasteiger partial charge >= 0.3 is 0 Å². The number of rotatable bonds is 5. The lowest BCUT2D eigenvalue weighted by molar-refractivity contribution is 0.251. The van der Waals surface area contributed by atoms with Gasteiger partial charge in [-0.25, -0.2) is 0 Å². The minimum absolute atomic E-state index is 0.0688. The van der Waals surface area contributed by atoms with Crippen LogP contribution in [-0.4, -0.2) is 12.2 Å². The van der Waals surface area contributed by atoms with E-state index in [0.717, 1.165) is 14.9 Å². The SMILES string of the molecule is COc1cccc(CO)c1OCc1cc(Br)cs1. The van der Waals surface area contributed by atoms with Crippen LogP contribution in [0.1, 0.15) is 10.4 Å². The van der Waals surface area contributed by atoms with Gasteiger partial charge < -0.3 is 14.6 Å². The van der Waals surface area contributed by atoms with Crippen molar-refractivity contribution in [2.24, 2.45) is 0 Å². The van der Waals surface area contributed by atoms with E-state index in [0.29, 0.717) is 18.1 Å². The number of ether oxygens (including phenoxy) is 2. The molecule has 0 saturated heterocycles. The molecule has 2 aromatic rings. The number of methoxy groups -OCH3 is 1. The lowest BCUT2D eigenvalue weighted by Crippen LogP contribution is -2.00. The van der Waals surface area contributed by atoms with Crippen LogP contribution in [0.4, 0.5) is 0 Å². The van der Waals surface area contributed by atoms with Gasteiger partial charge in [0, 0.05) is 20.3 Å². The van der Waals surface area contributed by atoms with Crippen LogP contribution in [0.2, 0.25) is 0 Å². The number of hydrogen-bond acceptors (Lipinski definition) is 4. The van der Waals surface area contributed by atoms with E-state index < -0.39 is 0 Å². The number of aliphatic hydroxyl groups excluding tert-OH is 1. The molecular weight excluding hydrogens is 316 g/mol. The minimum Gasteiger partial charge on any atom is -0.493 e. The highest BCUT2D eigenvalue weighted by atomic mass is 79.9. The third kappa shape index (κ3) is 3.04. The second-order valence-electron chi connectivity index (χ2n) is 3.63. The highest BCUT2D eigenvalue weighted by Gasteiger charge is 2.10. The molecule has 0 bridgehead atoms. The first-order chi connectivity index (χ1) is 8.74.